The van der Waals surface area contributed by atoms with Gasteiger partial charge < -0.3 is 11.1 Å². The zero-order chi connectivity index (χ0) is 13.1. The van der Waals surface area contributed by atoms with Gasteiger partial charge in [-0.1, -0.05) is 48.5 Å². The molecule has 19 heavy (non-hydrogen) atoms. The summed E-state index contributed by atoms with van der Waals surface area (Å²) in [6.07, 6.45) is 0. The van der Waals surface area contributed by atoms with Crippen LogP contribution in [0.25, 0.3) is 10.8 Å². The molecule has 94 valence electrons. The van der Waals surface area contributed by atoms with Gasteiger partial charge in [-0.05, 0) is 29.1 Å². The van der Waals surface area contributed by atoms with Crippen LogP contribution in [-0.2, 0) is 6.54 Å². The molecule has 2 heteroatoms. The Balaban J connectivity index is 1.84. The van der Waals surface area contributed by atoms with Gasteiger partial charge in [-0.3, -0.25) is 0 Å². The second-order valence-electron chi connectivity index (χ2n) is 4.62. The number of rotatable bonds is 3. The maximum absolute atomic E-state index is 6.00. The van der Waals surface area contributed by atoms with E-state index in [0.717, 1.165) is 23.3 Å². The van der Waals surface area contributed by atoms with E-state index >= 15 is 0 Å². The molecule has 0 amide bonds. The van der Waals surface area contributed by atoms with E-state index in [1.54, 1.807) is 0 Å². The largest absolute Gasteiger partial charge is 0.398 e. The van der Waals surface area contributed by atoms with Crippen molar-refractivity contribution in [2.75, 3.05) is 11.1 Å². The Bertz CT molecular complexity index is 690. The molecule has 0 heterocycles. The highest BCUT2D eigenvalue weighted by Crippen LogP contribution is 2.24. The van der Waals surface area contributed by atoms with Gasteiger partial charge in [0.05, 0.1) is 0 Å². The van der Waals surface area contributed by atoms with E-state index in [1.807, 2.05) is 18.2 Å². The van der Waals surface area contributed by atoms with Crippen LogP contribution in [0.2, 0.25) is 0 Å². The summed E-state index contributed by atoms with van der Waals surface area (Å²) in [7, 11) is 0. The molecular weight excluding hydrogens is 232 g/mol. The van der Waals surface area contributed by atoms with Crippen LogP contribution >= 0.6 is 0 Å². The van der Waals surface area contributed by atoms with Crippen molar-refractivity contribution in [1.29, 1.82) is 0 Å². The fourth-order valence-electron chi connectivity index (χ4n) is 2.21. The maximum Gasteiger partial charge on any atom is 0.0400 e. The van der Waals surface area contributed by atoms with Crippen molar-refractivity contribution in [2.24, 2.45) is 0 Å². The molecule has 2 nitrogen and oxygen atoms in total. The normalized spacial score (nSPS) is 10.5. The molecule has 0 aliphatic carbocycles. The minimum atomic E-state index is 0.819. The second-order valence-corrected chi connectivity index (χ2v) is 4.62. The first-order chi connectivity index (χ1) is 9.33. The van der Waals surface area contributed by atoms with Crippen molar-refractivity contribution in [3.8, 4) is 0 Å². The van der Waals surface area contributed by atoms with Crippen molar-refractivity contribution in [3.63, 3.8) is 0 Å². The molecule has 0 aliphatic rings. The Labute approximate surface area is 112 Å². The van der Waals surface area contributed by atoms with Gasteiger partial charge in [-0.15, -0.1) is 0 Å². The van der Waals surface area contributed by atoms with Crippen LogP contribution in [0.5, 0.6) is 0 Å². The van der Waals surface area contributed by atoms with Gasteiger partial charge >= 0.3 is 0 Å². The van der Waals surface area contributed by atoms with Crippen LogP contribution in [0.1, 0.15) is 5.56 Å². The minimum Gasteiger partial charge on any atom is -0.398 e. The van der Waals surface area contributed by atoms with Crippen molar-refractivity contribution in [2.45, 2.75) is 6.54 Å². The maximum atomic E-state index is 6.00. The van der Waals surface area contributed by atoms with Gasteiger partial charge in [0.15, 0.2) is 0 Å². The number of nitrogens with one attached hydrogen (secondary N) is 1. The van der Waals surface area contributed by atoms with E-state index in [4.69, 9.17) is 5.73 Å². The second kappa shape index (κ2) is 5.02. The smallest absolute Gasteiger partial charge is 0.0400 e. The van der Waals surface area contributed by atoms with Crippen molar-refractivity contribution >= 4 is 22.1 Å². The Kier molecular flexibility index (Phi) is 3.07. The summed E-state index contributed by atoms with van der Waals surface area (Å²) in [5, 5.41) is 5.69. The third-order valence-electron chi connectivity index (χ3n) is 3.26. The van der Waals surface area contributed by atoms with Gasteiger partial charge in [-0.25, -0.2) is 0 Å². The molecule has 0 spiro atoms. The summed E-state index contributed by atoms with van der Waals surface area (Å²) in [6, 6.07) is 22.6. The molecule has 0 bridgehead atoms. The van der Waals surface area contributed by atoms with Gasteiger partial charge in [0.25, 0.3) is 0 Å². The highest BCUT2D eigenvalue weighted by atomic mass is 14.9. The fraction of sp³-hybridized carbons (Fsp3) is 0.0588. The highest BCUT2D eigenvalue weighted by Gasteiger charge is 1.99. The topological polar surface area (TPSA) is 38.0 Å². The standard InChI is InChI=1S/C17H16N2/c18-17-8-4-7-14-9-10-15(11-16(14)17)19-12-13-5-2-1-3-6-13/h1-11,19H,12,18H2. The summed E-state index contributed by atoms with van der Waals surface area (Å²) in [6.45, 7) is 0.819. The van der Waals surface area contributed by atoms with Crippen molar-refractivity contribution in [3.05, 3.63) is 72.3 Å². The lowest BCUT2D eigenvalue weighted by Crippen LogP contribution is -1.99. The van der Waals surface area contributed by atoms with Crippen molar-refractivity contribution < 1.29 is 0 Å². The number of benzene rings is 3. The average molecular weight is 248 g/mol. The first-order valence-corrected chi connectivity index (χ1v) is 6.39. The third kappa shape index (κ3) is 2.52. The molecule has 3 aromatic carbocycles. The van der Waals surface area contributed by atoms with E-state index in [9.17, 15) is 0 Å². The molecule has 3 aromatic rings. The molecular formula is C17H16N2. The van der Waals surface area contributed by atoms with Crippen molar-refractivity contribution in [1.82, 2.24) is 0 Å². The van der Waals surface area contributed by atoms with E-state index in [-0.39, 0.29) is 0 Å². The minimum absolute atomic E-state index is 0.819. The number of nitrogen functional groups attached to an aromatic ring is 1. The zero-order valence-corrected chi connectivity index (χ0v) is 10.6. The van der Waals surface area contributed by atoms with Gasteiger partial charge in [0.2, 0.25) is 0 Å². The van der Waals surface area contributed by atoms with Crippen LogP contribution < -0.4 is 11.1 Å². The summed E-state index contributed by atoms with van der Waals surface area (Å²) >= 11 is 0. The molecule has 0 aliphatic heterocycles. The van der Waals surface area contributed by atoms with E-state index in [2.05, 4.69) is 53.8 Å². The summed E-state index contributed by atoms with van der Waals surface area (Å²) in [5.41, 5.74) is 9.18. The lowest BCUT2D eigenvalue weighted by Gasteiger charge is -2.09. The predicted octanol–water partition coefficient (Wildman–Crippen LogP) is 4.03. The van der Waals surface area contributed by atoms with Gasteiger partial charge in [0, 0.05) is 23.3 Å². The van der Waals surface area contributed by atoms with E-state index < -0.39 is 0 Å². The van der Waals surface area contributed by atoms with Crippen LogP contribution in [-0.4, -0.2) is 0 Å². The molecule has 0 atom stereocenters. The molecule has 0 saturated heterocycles. The lowest BCUT2D eigenvalue weighted by atomic mass is 10.1. The van der Waals surface area contributed by atoms with Crippen LogP contribution in [0.4, 0.5) is 11.4 Å². The average Bonchev–Trinajstić information content (AvgIpc) is 2.47. The van der Waals surface area contributed by atoms with Crippen LogP contribution in [0, 0.1) is 0 Å². The molecule has 0 saturated carbocycles. The van der Waals surface area contributed by atoms with Gasteiger partial charge in [0.1, 0.15) is 0 Å². The number of fused-ring (bicyclic) bond motifs is 1. The molecule has 0 unspecified atom stereocenters. The summed E-state index contributed by atoms with van der Waals surface area (Å²) < 4.78 is 0. The first kappa shape index (κ1) is 11.6. The van der Waals surface area contributed by atoms with Crippen LogP contribution in [0.3, 0.4) is 0 Å². The summed E-state index contributed by atoms with van der Waals surface area (Å²) in [4.78, 5) is 0. The highest BCUT2D eigenvalue weighted by molar-refractivity contribution is 5.94. The van der Waals surface area contributed by atoms with E-state index in [0.29, 0.717) is 0 Å². The Morgan fingerprint density at radius 2 is 1.68 bits per heavy atom. The molecule has 0 fully saturated rings. The Morgan fingerprint density at radius 1 is 0.842 bits per heavy atom. The van der Waals surface area contributed by atoms with Crippen LogP contribution in [0.15, 0.2) is 66.7 Å². The zero-order valence-electron chi connectivity index (χ0n) is 10.6. The molecule has 3 N–H and O–H groups in total. The lowest BCUT2D eigenvalue weighted by molar-refractivity contribution is 1.15. The third-order valence-corrected chi connectivity index (χ3v) is 3.26. The Hall–Kier alpha value is -2.48. The number of hydrogen-bond acceptors (Lipinski definition) is 2. The van der Waals surface area contributed by atoms with Gasteiger partial charge in [-0.2, -0.15) is 0 Å². The fourth-order valence-corrected chi connectivity index (χ4v) is 2.21. The first-order valence-electron chi connectivity index (χ1n) is 6.39. The number of hydrogen-bond donors (Lipinski definition) is 2. The predicted molar refractivity (Wildman–Crippen MR) is 82.1 cm³/mol. The number of anilines is 2. The quantitative estimate of drug-likeness (QED) is 0.687. The SMILES string of the molecule is Nc1cccc2ccc(NCc3ccccc3)cc12. The monoisotopic (exact) mass is 248 g/mol. The summed E-state index contributed by atoms with van der Waals surface area (Å²) in [5.74, 6) is 0. The molecule has 3 rings (SSSR count). The molecule has 0 aromatic heterocycles. The number of nitrogens with two attached hydrogens (primary N) is 1. The molecule has 0 radical (unpaired) electrons. The Morgan fingerprint density at radius 3 is 2.53 bits per heavy atom. The van der Waals surface area contributed by atoms with E-state index in [1.165, 1.54) is 10.9 Å².